The molecule has 1 heterocycles. The van der Waals surface area contributed by atoms with Crippen LogP contribution in [0.15, 0.2) is 23.9 Å². The first-order chi connectivity index (χ1) is 12.9. The summed E-state index contributed by atoms with van der Waals surface area (Å²) in [6.45, 7) is 6.96. The van der Waals surface area contributed by atoms with Gasteiger partial charge in [-0.05, 0) is 37.1 Å². The second-order valence-electron chi connectivity index (χ2n) is 8.29. The summed E-state index contributed by atoms with van der Waals surface area (Å²) in [6.07, 6.45) is 31.2. The molecular weight excluding hydrogens is 314 g/mol. The van der Waals surface area contributed by atoms with Crippen LogP contribution in [0, 0.1) is 0 Å². The van der Waals surface area contributed by atoms with E-state index in [0.29, 0.717) is 0 Å². The molecule has 0 bridgehead atoms. The topological polar surface area (TPSA) is 3.24 Å². The van der Waals surface area contributed by atoms with Crippen molar-refractivity contribution in [3.63, 3.8) is 0 Å². The lowest BCUT2D eigenvalue weighted by atomic mass is 10.0. The summed E-state index contributed by atoms with van der Waals surface area (Å²) in [4.78, 5) is 2.49. The summed E-state index contributed by atoms with van der Waals surface area (Å²) < 4.78 is 0. The lowest BCUT2D eigenvalue weighted by Gasteiger charge is -2.22. The minimum absolute atomic E-state index is 1.14. The van der Waals surface area contributed by atoms with E-state index in [1.54, 1.807) is 5.57 Å². The number of nitrogens with zero attached hydrogens (tertiary/aromatic N) is 1. The second-order valence-corrected chi connectivity index (χ2v) is 8.29. The fraction of sp³-hybridized carbons (Fsp3) is 0.840. The van der Waals surface area contributed by atoms with Crippen molar-refractivity contribution in [1.82, 2.24) is 4.90 Å². The predicted octanol–water partition coefficient (Wildman–Crippen LogP) is 8.41. The Morgan fingerprint density at radius 3 is 1.65 bits per heavy atom. The summed E-state index contributed by atoms with van der Waals surface area (Å²) in [5, 5.41) is 0. The van der Waals surface area contributed by atoms with Gasteiger partial charge in [0.25, 0.3) is 0 Å². The first-order valence-electron chi connectivity index (χ1n) is 12.0. The summed E-state index contributed by atoms with van der Waals surface area (Å²) in [7, 11) is 0. The zero-order valence-electron chi connectivity index (χ0n) is 18.1. The smallest absolute Gasteiger partial charge is 0.0359 e. The van der Waals surface area contributed by atoms with Gasteiger partial charge in [0.15, 0.2) is 0 Å². The molecule has 1 rings (SSSR count). The molecule has 0 radical (unpaired) electrons. The van der Waals surface area contributed by atoms with Crippen LogP contribution in [0.5, 0.6) is 0 Å². The van der Waals surface area contributed by atoms with Crippen molar-refractivity contribution in [2.75, 3.05) is 13.1 Å². The van der Waals surface area contributed by atoms with Crippen LogP contribution < -0.4 is 0 Å². The highest BCUT2D eigenvalue weighted by Crippen LogP contribution is 2.16. The summed E-state index contributed by atoms with van der Waals surface area (Å²) in [6, 6.07) is 0. The first-order valence-corrected chi connectivity index (χ1v) is 12.0. The monoisotopic (exact) mass is 361 g/mol. The Kier molecular flexibility index (Phi) is 15.9. The molecule has 0 aromatic carbocycles. The van der Waals surface area contributed by atoms with E-state index in [9.17, 15) is 0 Å². The maximum atomic E-state index is 2.49. The van der Waals surface area contributed by atoms with Crippen molar-refractivity contribution in [2.24, 2.45) is 0 Å². The zero-order valence-corrected chi connectivity index (χ0v) is 18.1. The number of hydrogen-bond acceptors (Lipinski definition) is 1. The van der Waals surface area contributed by atoms with E-state index in [2.05, 4.69) is 37.1 Å². The fourth-order valence-electron chi connectivity index (χ4n) is 3.83. The average molecular weight is 362 g/mol. The Morgan fingerprint density at radius 2 is 1.15 bits per heavy atom. The molecule has 0 N–H and O–H groups in total. The molecule has 0 saturated carbocycles. The highest BCUT2D eigenvalue weighted by Gasteiger charge is 2.04. The standard InChI is InChI=1S/C25H47N/c1-3-5-7-9-10-11-12-13-14-15-16-18-22-26-23-20-25(21-24-26)19-17-8-6-4-2/h20-21,23H,3-19,22,24H2,1-2H3. The number of unbranched alkanes of at least 4 members (excludes halogenated alkanes) is 14. The van der Waals surface area contributed by atoms with Crippen LogP contribution in [0.3, 0.4) is 0 Å². The highest BCUT2D eigenvalue weighted by molar-refractivity contribution is 5.22. The molecule has 26 heavy (non-hydrogen) atoms. The van der Waals surface area contributed by atoms with E-state index in [1.165, 1.54) is 116 Å². The maximum absolute atomic E-state index is 2.49. The van der Waals surface area contributed by atoms with E-state index in [1.807, 2.05) is 0 Å². The van der Waals surface area contributed by atoms with Gasteiger partial charge in [-0.15, -0.1) is 0 Å². The van der Waals surface area contributed by atoms with Crippen molar-refractivity contribution >= 4 is 0 Å². The molecule has 0 aromatic rings. The van der Waals surface area contributed by atoms with Crippen LogP contribution in [0.1, 0.15) is 123 Å². The molecular formula is C25H47N. The van der Waals surface area contributed by atoms with Crippen molar-refractivity contribution in [3.05, 3.63) is 23.9 Å². The zero-order chi connectivity index (χ0) is 18.7. The number of rotatable bonds is 18. The van der Waals surface area contributed by atoms with Gasteiger partial charge in [-0.2, -0.15) is 0 Å². The summed E-state index contributed by atoms with van der Waals surface area (Å²) in [5.74, 6) is 0. The first kappa shape index (κ1) is 23.3. The Labute approximate surface area is 165 Å². The number of allylic oxidation sites excluding steroid dienone is 2. The Balaban J connectivity index is 1.85. The number of hydrogen-bond donors (Lipinski definition) is 0. The van der Waals surface area contributed by atoms with Crippen LogP contribution in [0.2, 0.25) is 0 Å². The molecule has 0 aromatic heterocycles. The van der Waals surface area contributed by atoms with E-state index in [4.69, 9.17) is 0 Å². The lowest BCUT2D eigenvalue weighted by molar-refractivity contribution is 0.389. The largest absolute Gasteiger partial charge is 0.374 e. The van der Waals surface area contributed by atoms with Gasteiger partial charge >= 0.3 is 0 Å². The molecule has 152 valence electrons. The molecule has 1 heteroatoms. The quantitative estimate of drug-likeness (QED) is 0.221. The van der Waals surface area contributed by atoms with Crippen LogP contribution >= 0.6 is 0 Å². The molecule has 0 amide bonds. The van der Waals surface area contributed by atoms with Gasteiger partial charge in [-0.3, -0.25) is 0 Å². The molecule has 1 aliphatic heterocycles. The minimum Gasteiger partial charge on any atom is -0.374 e. The molecule has 1 aliphatic rings. The molecule has 1 nitrogen and oxygen atoms in total. The Hall–Kier alpha value is -0.720. The van der Waals surface area contributed by atoms with Gasteiger partial charge in [0, 0.05) is 13.1 Å². The van der Waals surface area contributed by atoms with Crippen molar-refractivity contribution in [2.45, 2.75) is 123 Å². The van der Waals surface area contributed by atoms with E-state index in [-0.39, 0.29) is 0 Å². The normalized spacial score (nSPS) is 14.1. The maximum Gasteiger partial charge on any atom is 0.0359 e. The van der Waals surface area contributed by atoms with Crippen molar-refractivity contribution < 1.29 is 0 Å². The lowest BCUT2D eigenvalue weighted by Crippen LogP contribution is -2.21. The molecule has 0 spiro atoms. The van der Waals surface area contributed by atoms with Crippen LogP contribution in [0.4, 0.5) is 0 Å². The van der Waals surface area contributed by atoms with E-state index < -0.39 is 0 Å². The van der Waals surface area contributed by atoms with Crippen molar-refractivity contribution in [1.29, 1.82) is 0 Å². The second kappa shape index (κ2) is 17.7. The Bertz CT molecular complexity index is 355. The summed E-state index contributed by atoms with van der Waals surface area (Å²) >= 11 is 0. The average Bonchev–Trinajstić information content (AvgIpc) is 2.67. The van der Waals surface area contributed by atoms with Gasteiger partial charge in [0.2, 0.25) is 0 Å². The molecule has 0 fully saturated rings. The van der Waals surface area contributed by atoms with E-state index in [0.717, 1.165) is 6.54 Å². The van der Waals surface area contributed by atoms with Gasteiger partial charge < -0.3 is 4.90 Å². The van der Waals surface area contributed by atoms with Gasteiger partial charge in [0.1, 0.15) is 0 Å². The van der Waals surface area contributed by atoms with Gasteiger partial charge in [-0.25, -0.2) is 0 Å². The predicted molar refractivity (Wildman–Crippen MR) is 119 cm³/mol. The van der Waals surface area contributed by atoms with E-state index >= 15 is 0 Å². The molecule has 0 aliphatic carbocycles. The third-order valence-electron chi connectivity index (χ3n) is 5.71. The van der Waals surface area contributed by atoms with Crippen LogP contribution in [-0.2, 0) is 0 Å². The van der Waals surface area contributed by atoms with Crippen LogP contribution in [0.25, 0.3) is 0 Å². The van der Waals surface area contributed by atoms with Crippen LogP contribution in [-0.4, -0.2) is 18.0 Å². The van der Waals surface area contributed by atoms with Gasteiger partial charge in [0.05, 0.1) is 0 Å². The molecule has 0 atom stereocenters. The fourth-order valence-corrected chi connectivity index (χ4v) is 3.83. The minimum atomic E-state index is 1.14. The SMILES string of the molecule is CCCCCCCCCCCCCCN1C=CC(CCCCCC)=CC1. The summed E-state index contributed by atoms with van der Waals surface area (Å²) in [5.41, 5.74) is 1.56. The van der Waals surface area contributed by atoms with Gasteiger partial charge in [-0.1, -0.05) is 110 Å². The molecule has 0 saturated heterocycles. The van der Waals surface area contributed by atoms with Crippen molar-refractivity contribution in [3.8, 4) is 0 Å². The molecule has 0 unspecified atom stereocenters. The highest BCUT2D eigenvalue weighted by atomic mass is 15.1. The third-order valence-corrected chi connectivity index (χ3v) is 5.71. The Morgan fingerprint density at radius 1 is 0.654 bits per heavy atom. The third kappa shape index (κ3) is 13.5.